The van der Waals surface area contributed by atoms with Crippen molar-refractivity contribution in [2.75, 3.05) is 13.7 Å². The second-order valence-corrected chi connectivity index (χ2v) is 3.43. The molecule has 2 amide bonds. The van der Waals surface area contributed by atoms with Gasteiger partial charge in [-0.25, -0.2) is 4.79 Å². The van der Waals surface area contributed by atoms with Gasteiger partial charge in [0, 0.05) is 6.54 Å². The van der Waals surface area contributed by atoms with Gasteiger partial charge in [0.2, 0.25) is 5.91 Å². The molecule has 5 nitrogen and oxygen atoms in total. The van der Waals surface area contributed by atoms with Crippen LogP contribution in [-0.2, 0) is 9.53 Å². The highest BCUT2D eigenvalue weighted by Crippen LogP contribution is 1.94. The standard InChI is InChI=1S/C11H20N2O3/c1-4-5-6-7-8-12-10(14)9(2)13-11(15)16-3/h4,9H,1,5-8H2,2-3H3,(H,12,14)(H,13,15). The van der Waals surface area contributed by atoms with Gasteiger partial charge in [-0.3, -0.25) is 4.79 Å². The molecule has 92 valence electrons. The molecule has 0 saturated heterocycles. The Morgan fingerprint density at radius 2 is 2.12 bits per heavy atom. The Morgan fingerprint density at radius 1 is 1.44 bits per heavy atom. The van der Waals surface area contributed by atoms with E-state index in [1.807, 2.05) is 6.08 Å². The van der Waals surface area contributed by atoms with E-state index in [4.69, 9.17) is 0 Å². The lowest BCUT2D eigenvalue weighted by Crippen LogP contribution is -2.44. The molecule has 0 radical (unpaired) electrons. The van der Waals surface area contributed by atoms with Gasteiger partial charge in [0.1, 0.15) is 6.04 Å². The molecule has 0 spiro atoms. The fraction of sp³-hybridized carbons (Fsp3) is 0.636. The van der Waals surface area contributed by atoms with Gasteiger partial charge in [-0.1, -0.05) is 6.08 Å². The Balaban J connectivity index is 3.62. The van der Waals surface area contributed by atoms with Crippen molar-refractivity contribution >= 4 is 12.0 Å². The van der Waals surface area contributed by atoms with E-state index >= 15 is 0 Å². The molecule has 2 N–H and O–H groups in total. The predicted molar refractivity (Wildman–Crippen MR) is 62.1 cm³/mol. The van der Waals surface area contributed by atoms with Crippen LogP contribution in [0.4, 0.5) is 4.79 Å². The first-order valence-corrected chi connectivity index (χ1v) is 5.35. The van der Waals surface area contributed by atoms with Crippen LogP contribution in [0.3, 0.4) is 0 Å². The second-order valence-electron chi connectivity index (χ2n) is 3.43. The summed E-state index contributed by atoms with van der Waals surface area (Å²) in [6.07, 6.45) is 4.11. The van der Waals surface area contributed by atoms with Crippen LogP contribution in [0.25, 0.3) is 0 Å². The minimum Gasteiger partial charge on any atom is -0.453 e. The van der Waals surface area contributed by atoms with Gasteiger partial charge < -0.3 is 15.4 Å². The lowest BCUT2D eigenvalue weighted by atomic mass is 10.2. The highest BCUT2D eigenvalue weighted by atomic mass is 16.5. The van der Waals surface area contributed by atoms with Crippen molar-refractivity contribution in [3.63, 3.8) is 0 Å². The Bertz CT molecular complexity index is 241. The Labute approximate surface area is 96.2 Å². The molecular formula is C11H20N2O3. The number of methoxy groups -OCH3 is 1. The largest absolute Gasteiger partial charge is 0.453 e. The number of carbonyl (C=O) groups excluding carboxylic acids is 2. The van der Waals surface area contributed by atoms with E-state index in [-0.39, 0.29) is 5.91 Å². The Kier molecular flexibility index (Phi) is 7.93. The predicted octanol–water partition coefficient (Wildman–Crippen LogP) is 1.20. The number of alkyl carbamates (subject to hydrolysis) is 1. The van der Waals surface area contributed by atoms with E-state index < -0.39 is 12.1 Å². The highest BCUT2D eigenvalue weighted by molar-refractivity contribution is 5.85. The number of carbonyl (C=O) groups is 2. The number of nitrogens with one attached hydrogen (secondary N) is 2. The molecule has 0 aromatic rings. The van der Waals surface area contributed by atoms with E-state index in [0.29, 0.717) is 6.54 Å². The van der Waals surface area contributed by atoms with E-state index in [1.165, 1.54) is 7.11 Å². The number of hydrogen-bond donors (Lipinski definition) is 2. The van der Waals surface area contributed by atoms with Gasteiger partial charge in [0.05, 0.1) is 7.11 Å². The lowest BCUT2D eigenvalue weighted by molar-refractivity contribution is -0.122. The molecule has 5 heteroatoms. The molecule has 0 bridgehead atoms. The second kappa shape index (κ2) is 8.76. The Hall–Kier alpha value is -1.52. The summed E-state index contributed by atoms with van der Waals surface area (Å²) in [4.78, 5) is 22.2. The van der Waals surface area contributed by atoms with Crippen LogP contribution in [0.1, 0.15) is 26.2 Å². The normalized spacial score (nSPS) is 11.4. The van der Waals surface area contributed by atoms with Gasteiger partial charge in [0.15, 0.2) is 0 Å². The quantitative estimate of drug-likeness (QED) is 0.508. The average Bonchev–Trinajstić information content (AvgIpc) is 2.28. The van der Waals surface area contributed by atoms with Crippen molar-refractivity contribution in [3.05, 3.63) is 12.7 Å². The van der Waals surface area contributed by atoms with E-state index in [0.717, 1.165) is 19.3 Å². The molecular weight excluding hydrogens is 208 g/mol. The molecule has 0 aliphatic rings. The van der Waals surface area contributed by atoms with E-state index in [1.54, 1.807) is 6.92 Å². The highest BCUT2D eigenvalue weighted by Gasteiger charge is 2.14. The summed E-state index contributed by atoms with van der Waals surface area (Å²) in [5, 5.41) is 5.12. The number of amides is 2. The fourth-order valence-electron chi connectivity index (χ4n) is 1.08. The summed E-state index contributed by atoms with van der Waals surface area (Å²) < 4.78 is 4.39. The topological polar surface area (TPSA) is 67.4 Å². The third-order valence-corrected chi connectivity index (χ3v) is 2.05. The zero-order valence-electron chi connectivity index (χ0n) is 9.91. The maximum Gasteiger partial charge on any atom is 0.407 e. The van der Waals surface area contributed by atoms with Crippen molar-refractivity contribution in [3.8, 4) is 0 Å². The van der Waals surface area contributed by atoms with Crippen LogP contribution in [0.5, 0.6) is 0 Å². The zero-order valence-corrected chi connectivity index (χ0v) is 9.91. The summed E-state index contributed by atoms with van der Waals surface area (Å²) >= 11 is 0. The number of rotatable bonds is 7. The van der Waals surface area contributed by atoms with Crippen molar-refractivity contribution in [1.82, 2.24) is 10.6 Å². The van der Waals surface area contributed by atoms with Gasteiger partial charge >= 0.3 is 6.09 Å². The minimum absolute atomic E-state index is 0.205. The average molecular weight is 228 g/mol. The molecule has 0 fully saturated rings. The van der Waals surface area contributed by atoms with E-state index in [9.17, 15) is 9.59 Å². The molecule has 0 aliphatic carbocycles. The molecule has 1 unspecified atom stereocenters. The summed E-state index contributed by atoms with van der Waals surface area (Å²) in [5.74, 6) is -0.205. The molecule has 0 rings (SSSR count). The SMILES string of the molecule is C=CCCCCNC(=O)C(C)NC(=O)OC. The van der Waals surface area contributed by atoms with Crippen LogP contribution in [0.2, 0.25) is 0 Å². The summed E-state index contributed by atoms with van der Waals surface area (Å²) in [7, 11) is 1.26. The minimum atomic E-state index is -0.602. The van der Waals surface area contributed by atoms with Crippen LogP contribution in [0.15, 0.2) is 12.7 Å². The van der Waals surface area contributed by atoms with Crippen LogP contribution < -0.4 is 10.6 Å². The first-order valence-electron chi connectivity index (χ1n) is 5.35. The molecule has 16 heavy (non-hydrogen) atoms. The molecule has 0 aromatic carbocycles. The smallest absolute Gasteiger partial charge is 0.407 e. The summed E-state index contributed by atoms with van der Waals surface area (Å²) in [5.41, 5.74) is 0. The van der Waals surface area contributed by atoms with Crippen molar-refractivity contribution in [1.29, 1.82) is 0 Å². The van der Waals surface area contributed by atoms with Crippen LogP contribution >= 0.6 is 0 Å². The number of allylic oxidation sites excluding steroid dienone is 1. The van der Waals surface area contributed by atoms with Crippen LogP contribution in [-0.4, -0.2) is 31.7 Å². The third kappa shape index (κ3) is 6.86. The molecule has 0 aliphatic heterocycles. The van der Waals surface area contributed by atoms with Gasteiger partial charge in [-0.2, -0.15) is 0 Å². The zero-order chi connectivity index (χ0) is 12.4. The fourth-order valence-corrected chi connectivity index (χ4v) is 1.08. The van der Waals surface area contributed by atoms with Gasteiger partial charge in [0.25, 0.3) is 0 Å². The van der Waals surface area contributed by atoms with Gasteiger partial charge in [-0.05, 0) is 26.2 Å². The first-order chi connectivity index (χ1) is 7.61. The summed E-state index contributed by atoms with van der Waals surface area (Å²) in [6, 6.07) is -0.577. The van der Waals surface area contributed by atoms with Crippen molar-refractivity contribution < 1.29 is 14.3 Å². The maximum atomic E-state index is 11.4. The number of unbranched alkanes of at least 4 members (excludes halogenated alkanes) is 2. The first kappa shape index (κ1) is 14.5. The van der Waals surface area contributed by atoms with Crippen LogP contribution in [0, 0.1) is 0 Å². The third-order valence-electron chi connectivity index (χ3n) is 2.05. The van der Waals surface area contributed by atoms with Gasteiger partial charge in [-0.15, -0.1) is 6.58 Å². The maximum absolute atomic E-state index is 11.4. The lowest BCUT2D eigenvalue weighted by Gasteiger charge is -2.12. The molecule has 1 atom stereocenters. The number of hydrogen-bond acceptors (Lipinski definition) is 3. The molecule has 0 heterocycles. The molecule has 0 saturated carbocycles. The van der Waals surface area contributed by atoms with Crippen molar-refractivity contribution in [2.24, 2.45) is 0 Å². The monoisotopic (exact) mass is 228 g/mol. The number of ether oxygens (including phenoxy) is 1. The van der Waals surface area contributed by atoms with Crippen molar-refractivity contribution in [2.45, 2.75) is 32.2 Å². The Morgan fingerprint density at radius 3 is 2.69 bits per heavy atom. The summed E-state index contributed by atoms with van der Waals surface area (Å²) in [6.45, 7) is 5.83. The molecule has 0 aromatic heterocycles. The van der Waals surface area contributed by atoms with E-state index in [2.05, 4.69) is 21.9 Å².